The Balaban J connectivity index is 1.67. The minimum Gasteiger partial charge on any atom is -0.469 e. The van der Waals surface area contributed by atoms with Crippen molar-refractivity contribution in [3.63, 3.8) is 0 Å². The zero-order valence-electron chi connectivity index (χ0n) is 11.4. The molecule has 4 heteroatoms. The molecule has 0 aromatic heterocycles. The van der Waals surface area contributed by atoms with E-state index in [4.69, 9.17) is 9.57 Å². The maximum atomic E-state index is 11.8. The highest BCUT2D eigenvalue weighted by Gasteiger charge is 2.84. The van der Waals surface area contributed by atoms with Gasteiger partial charge in [0.15, 0.2) is 0 Å². The average molecular weight is 251 g/mol. The van der Waals surface area contributed by atoms with Crippen LogP contribution in [-0.4, -0.2) is 35.3 Å². The first-order valence-corrected chi connectivity index (χ1v) is 7.03. The molecule has 0 radical (unpaired) electrons. The number of fused-ring (bicyclic) bond motifs is 3. The summed E-state index contributed by atoms with van der Waals surface area (Å²) in [6.45, 7) is 4.50. The summed E-state index contributed by atoms with van der Waals surface area (Å²) in [6, 6.07) is 0.530. The van der Waals surface area contributed by atoms with Gasteiger partial charge < -0.3 is 4.74 Å². The summed E-state index contributed by atoms with van der Waals surface area (Å²) < 4.78 is 4.92. The second-order valence-electron chi connectivity index (χ2n) is 7.11. The normalized spacial score (nSPS) is 46.4. The highest BCUT2D eigenvalue weighted by molar-refractivity contribution is 5.78. The Morgan fingerprint density at radius 2 is 2.06 bits per heavy atom. The molecule has 0 N–H and O–H groups in total. The van der Waals surface area contributed by atoms with Gasteiger partial charge in [0, 0.05) is 17.0 Å². The fraction of sp³-hybridized carbons (Fsp3) is 0.929. The van der Waals surface area contributed by atoms with Crippen LogP contribution in [0, 0.1) is 11.3 Å². The monoisotopic (exact) mass is 251 g/mol. The zero-order chi connectivity index (χ0) is 12.8. The summed E-state index contributed by atoms with van der Waals surface area (Å²) in [4.78, 5) is 18.2. The van der Waals surface area contributed by atoms with Gasteiger partial charge >= 0.3 is 5.97 Å². The van der Waals surface area contributed by atoms with Crippen molar-refractivity contribution in [1.82, 2.24) is 5.06 Å². The van der Waals surface area contributed by atoms with Gasteiger partial charge in [-0.05, 0) is 46.0 Å². The predicted molar refractivity (Wildman–Crippen MR) is 64.5 cm³/mol. The van der Waals surface area contributed by atoms with Gasteiger partial charge in [0.1, 0.15) is 5.60 Å². The molecule has 2 saturated carbocycles. The number of rotatable bonds is 1. The molecule has 0 aromatic carbocycles. The van der Waals surface area contributed by atoms with Gasteiger partial charge in [-0.2, -0.15) is 5.06 Å². The van der Waals surface area contributed by atoms with E-state index in [1.54, 1.807) is 0 Å². The molecule has 4 nitrogen and oxygen atoms in total. The molecule has 3 atom stereocenters. The van der Waals surface area contributed by atoms with E-state index in [0.29, 0.717) is 6.04 Å². The first-order valence-electron chi connectivity index (χ1n) is 7.03. The number of hydroxylamine groups is 2. The van der Waals surface area contributed by atoms with Gasteiger partial charge in [-0.25, -0.2) is 0 Å². The molecule has 4 rings (SSSR count). The molecular weight excluding hydrogens is 230 g/mol. The standard InChI is InChI=1S/C14H21NO3/c1-12(2)5-4-10-13(6-7-13)14(18-15(10)12)8-9(14)11(16)17-3/h9-10H,4-8H2,1-3H3/t9-,10-,14+/m1/s1. The van der Waals surface area contributed by atoms with Gasteiger partial charge in [-0.15, -0.1) is 0 Å². The number of hydrogen-bond acceptors (Lipinski definition) is 4. The molecule has 2 aliphatic carbocycles. The summed E-state index contributed by atoms with van der Waals surface area (Å²) in [7, 11) is 1.48. The quantitative estimate of drug-likeness (QED) is 0.667. The van der Waals surface area contributed by atoms with Gasteiger partial charge in [0.05, 0.1) is 13.0 Å². The van der Waals surface area contributed by atoms with E-state index in [-0.39, 0.29) is 28.4 Å². The lowest BCUT2D eigenvalue weighted by Gasteiger charge is -2.30. The van der Waals surface area contributed by atoms with E-state index in [1.165, 1.54) is 32.8 Å². The fourth-order valence-electron chi connectivity index (χ4n) is 4.58. The molecule has 100 valence electrons. The predicted octanol–water partition coefficient (Wildman–Crippen LogP) is 1.89. The number of esters is 1. The van der Waals surface area contributed by atoms with Gasteiger partial charge in [-0.3, -0.25) is 9.63 Å². The second-order valence-corrected chi connectivity index (χ2v) is 7.11. The Hall–Kier alpha value is -0.610. The molecule has 0 aromatic rings. The van der Waals surface area contributed by atoms with Gasteiger partial charge in [0.25, 0.3) is 0 Å². The number of hydrogen-bond donors (Lipinski definition) is 0. The average Bonchev–Trinajstić information content (AvgIpc) is 3.16. The van der Waals surface area contributed by atoms with E-state index in [2.05, 4.69) is 18.9 Å². The van der Waals surface area contributed by atoms with Gasteiger partial charge in [-0.1, -0.05) is 0 Å². The summed E-state index contributed by atoms with van der Waals surface area (Å²) in [5.41, 5.74) is 0.176. The molecule has 0 amide bonds. The lowest BCUT2D eigenvalue weighted by atomic mass is 9.86. The SMILES string of the molecule is COC(=O)[C@H]1C[C@]12ON1[C@H](CCC1(C)C)C21CC1. The van der Waals surface area contributed by atoms with Crippen LogP contribution in [0.3, 0.4) is 0 Å². The molecule has 18 heavy (non-hydrogen) atoms. The molecule has 0 unspecified atom stereocenters. The molecule has 2 heterocycles. The van der Waals surface area contributed by atoms with E-state index < -0.39 is 0 Å². The largest absolute Gasteiger partial charge is 0.469 e. The molecule has 4 aliphatic rings. The van der Waals surface area contributed by atoms with Crippen molar-refractivity contribution in [3.05, 3.63) is 0 Å². The van der Waals surface area contributed by atoms with Crippen LogP contribution in [0.4, 0.5) is 0 Å². The Bertz CT molecular complexity index is 429. The summed E-state index contributed by atoms with van der Waals surface area (Å²) in [6.07, 6.45) is 5.71. The Kier molecular flexibility index (Phi) is 1.83. The smallest absolute Gasteiger partial charge is 0.311 e. The first-order chi connectivity index (χ1) is 8.47. The molecule has 2 saturated heterocycles. The van der Waals surface area contributed by atoms with Crippen molar-refractivity contribution in [2.75, 3.05) is 7.11 Å². The second kappa shape index (κ2) is 2.93. The van der Waals surface area contributed by atoms with Crippen molar-refractivity contribution >= 4 is 5.97 Å². The zero-order valence-corrected chi connectivity index (χ0v) is 11.4. The van der Waals surface area contributed by atoms with Crippen LogP contribution >= 0.6 is 0 Å². The van der Waals surface area contributed by atoms with E-state index >= 15 is 0 Å². The van der Waals surface area contributed by atoms with Crippen molar-refractivity contribution < 1.29 is 14.4 Å². The highest BCUT2D eigenvalue weighted by atomic mass is 16.7. The third-order valence-electron chi connectivity index (χ3n) is 5.84. The first kappa shape index (κ1) is 11.2. The number of nitrogens with zero attached hydrogens (tertiary/aromatic N) is 1. The van der Waals surface area contributed by atoms with Crippen LogP contribution in [-0.2, 0) is 14.4 Å². The summed E-state index contributed by atoms with van der Waals surface area (Å²) in [5.74, 6) is -0.105. The number of carbonyl (C=O) groups is 1. The lowest BCUT2D eigenvalue weighted by molar-refractivity contribution is -0.213. The Morgan fingerprint density at radius 3 is 2.67 bits per heavy atom. The maximum Gasteiger partial charge on any atom is 0.311 e. The molecule has 4 fully saturated rings. The van der Waals surface area contributed by atoms with Crippen molar-refractivity contribution in [1.29, 1.82) is 0 Å². The maximum absolute atomic E-state index is 11.8. The van der Waals surface area contributed by atoms with E-state index in [9.17, 15) is 4.79 Å². The van der Waals surface area contributed by atoms with Crippen molar-refractivity contribution in [2.45, 2.75) is 63.1 Å². The van der Waals surface area contributed by atoms with Crippen molar-refractivity contribution in [3.8, 4) is 0 Å². The van der Waals surface area contributed by atoms with Crippen LogP contribution in [0.25, 0.3) is 0 Å². The van der Waals surface area contributed by atoms with E-state index in [0.717, 1.165) is 6.42 Å². The minimum atomic E-state index is -0.206. The molecule has 2 spiro atoms. The third kappa shape index (κ3) is 1.04. The number of methoxy groups -OCH3 is 1. The van der Waals surface area contributed by atoms with Crippen LogP contribution in [0.2, 0.25) is 0 Å². The van der Waals surface area contributed by atoms with Crippen LogP contribution in [0.15, 0.2) is 0 Å². The van der Waals surface area contributed by atoms with Crippen LogP contribution in [0.1, 0.15) is 46.0 Å². The van der Waals surface area contributed by atoms with Crippen LogP contribution < -0.4 is 0 Å². The fourth-order valence-corrected chi connectivity index (χ4v) is 4.58. The molecule has 0 bridgehead atoms. The Labute approximate surface area is 108 Å². The molecular formula is C14H21NO3. The summed E-state index contributed by atoms with van der Waals surface area (Å²) >= 11 is 0. The van der Waals surface area contributed by atoms with Gasteiger partial charge in [0.2, 0.25) is 0 Å². The van der Waals surface area contributed by atoms with E-state index in [1.807, 2.05) is 0 Å². The third-order valence-corrected chi connectivity index (χ3v) is 5.84. The number of carbonyl (C=O) groups excluding carboxylic acids is 1. The Morgan fingerprint density at radius 1 is 1.33 bits per heavy atom. The number of ether oxygens (including phenoxy) is 1. The summed E-state index contributed by atoms with van der Waals surface area (Å²) in [5, 5.41) is 2.23. The van der Waals surface area contributed by atoms with Crippen LogP contribution in [0.5, 0.6) is 0 Å². The minimum absolute atomic E-state index is 0.0219. The topological polar surface area (TPSA) is 38.8 Å². The molecule has 2 aliphatic heterocycles. The highest BCUT2D eigenvalue weighted by Crippen LogP contribution is 2.77. The lowest BCUT2D eigenvalue weighted by Crippen LogP contribution is -2.39. The van der Waals surface area contributed by atoms with Crippen molar-refractivity contribution in [2.24, 2.45) is 11.3 Å².